The number of rotatable bonds is 3. The van der Waals surface area contributed by atoms with Crippen molar-refractivity contribution in [1.29, 1.82) is 0 Å². The molecular formula is C16H14N2O2. The van der Waals surface area contributed by atoms with Crippen LogP contribution in [0.15, 0.2) is 48.5 Å². The Morgan fingerprint density at radius 1 is 1.15 bits per heavy atom. The zero-order chi connectivity index (χ0) is 14.1. The Bertz CT molecular complexity index is 776. The van der Waals surface area contributed by atoms with E-state index in [-0.39, 0.29) is 10.6 Å². The summed E-state index contributed by atoms with van der Waals surface area (Å²) in [6.07, 6.45) is 0.825. The maximum absolute atomic E-state index is 10.9. The molecule has 4 heteroatoms. The summed E-state index contributed by atoms with van der Waals surface area (Å²) in [6.45, 7) is 2.06. The number of hydrogen-bond acceptors (Lipinski definition) is 2. The van der Waals surface area contributed by atoms with Gasteiger partial charge in [0.2, 0.25) is 0 Å². The lowest BCUT2D eigenvalue weighted by atomic mass is 10.0. The number of fused-ring (bicyclic) bond motifs is 1. The van der Waals surface area contributed by atoms with E-state index in [2.05, 4.69) is 11.9 Å². The molecule has 3 rings (SSSR count). The maximum atomic E-state index is 10.9. The SMILES string of the molecule is CCc1c(-c2ccccc2)[nH]c2ccc([N+](=O)[O-])cc12. The van der Waals surface area contributed by atoms with Gasteiger partial charge in [-0.1, -0.05) is 37.3 Å². The normalized spacial score (nSPS) is 10.8. The van der Waals surface area contributed by atoms with Gasteiger partial charge in [-0.2, -0.15) is 0 Å². The second kappa shape index (κ2) is 4.81. The van der Waals surface area contributed by atoms with E-state index in [1.807, 2.05) is 30.3 Å². The molecule has 3 aromatic rings. The Balaban J connectivity index is 2.27. The summed E-state index contributed by atoms with van der Waals surface area (Å²) < 4.78 is 0. The number of nitro benzene ring substituents is 1. The molecule has 0 aliphatic heterocycles. The predicted octanol–water partition coefficient (Wildman–Crippen LogP) is 4.31. The van der Waals surface area contributed by atoms with Gasteiger partial charge in [-0.05, 0) is 23.6 Å². The number of nitrogens with zero attached hydrogens (tertiary/aromatic N) is 1. The highest BCUT2D eigenvalue weighted by molar-refractivity contribution is 5.92. The molecule has 1 aromatic heterocycles. The predicted molar refractivity (Wildman–Crippen MR) is 79.8 cm³/mol. The summed E-state index contributed by atoms with van der Waals surface area (Å²) in [4.78, 5) is 13.9. The number of nitro groups is 1. The van der Waals surface area contributed by atoms with Gasteiger partial charge in [0.05, 0.1) is 4.92 Å². The first-order chi connectivity index (χ1) is 9.70. The van der Waals surface area contributed by atoms with Gasteiger partial charge < -0.3 is 4.98 Å². The van der Waals surface area contributed by atoms with Crippen LogP contribution in [0.1, 0.15) is 12.5 Å². The van der Waals surface area contributed by atoms with Crippen molar-refractivity contribution >= 4 is 16.6 Å². The largest absolute Gasteiger partial charge is 0.354 e. The summed E-state index contributed by atoms with van der Waals surface area (Å²) in [6, 6.07) is 15.0. The minimum atomic E-state index is -0.353. The highest BCUT2D eigenvalue weighted by Gasteiger charge is 2.14. The molecule has 0 fully saturated rings. The number of aryl methyl sites for hydroxylation is 1. The number of nitrogens with one attached hydrogen (secondary N) is 1. The molecule has 4 nitrogen and oxygen atoms in total. The second-order valence-corrected chi connectivity index (χ2v) is 4.69. The zero-order valence-electron chi connectivity index (χ0n) is 11.1. The fraction of sp³-hybridized carbons (Fsp3) is 0.125. The molecule has 2 aromatic carbocycles. The van der Waals surface area contributed by atoms with Crippen LogP contribution >= 0.6 is 0 Å². The first-order valence-corrected chi connectivity index (χ1v) is 6.55. The summed E-state index contributed by atoms with van der Waals surface area (Å²) in [5.41, 5.74) is 4.33. The lowest BCUT2D eigenvalue weighted by Gasteiger charge is -2.01. The monoisotopic (exact) mass is 266 g/mol. The van der Waals surface area contributed by atoms with Gasteiger partial charge in [0.25, 0.3) is 5.69 Å². The van der Waals surface area contributed by atoms with E-state index in [4.69, 9.17) is 0 Å². The van der Waals surface area contributed by atoms with Crippen LogP contribution in [0.5, 0.6) is 0 Å². The van der Waals surface area contributed by atoms with Crippen LogP contribution in [0, 0.1) is 10.1 Å². The molecule has 20 heavy (non-hydrogen) atoms. The van der Waals surface area contributed by atoms with Gasteiger partial charge in [-0.3, -0.25) is 10.1 Å². The van der Waals surface area contributed by atoms with Crippen LogP contribution in [0.4, 0.5) is 5.69 Å². The number of hydrogen-bond donors (Lipinski definition) is 1. The van der Waals surface area contributed by atoms with E-state index >= 15 is 0 Å². The Hall–Kier alpha value is -2.62. The molecule has 0 aliphatic carbocycles. The van der Waals surface area contributed by atoms with Crippen molar-refractivity contribution in [2.45, 2.75) is 13.3 Å². The standard InChI is InChI=1S/C16H14N2O2/c1-2-13-14-10-12(18(19)20)8-9-15(14)17-16(13)11-6-4-3-5-7-11/h3-10,17H,2H2,1H3. The van der Waals surface area contributed by atoms with Gasteiger partial charge in [0.1, 0.15) is 0 Å². The van der Waals surface area contributed by atoms with Gasteiger partial charge in [-0.25, -0.2) is 0 Å². The van der Waals surface area contributed by atoms with E-state index in [1.54, 1.807) is 12.1 Å². The maximum Gasteiger partial charge on any atom is 0.270 e. The van der Waals surface area contributed by atoms with Crippen LogP contribution in [0.3, 0.4) is 0 Å². The number of aromatic nitrogens is 1. The molecule has 1 heterocycles. The highest BCUT2D eigenvalue weighted by atomic mass is 16.6. The molecule has 0 bridgehead atoms. The fourth-order valence-corrected chi connectivity index (χ4v) is 2.57. The van der Waals surface area contributed by atoms with Crippen LogP contribution in [0.25, 0.3) is 22.2 Å². The number of H-pyrrole nitrogens is 1. The lowest BCUT2D eigenvalue weighted by Crippen LogP contribution is -1.87. The summed E-state index contributed by atoms with van der Waals surface area (Å²) in [5.74, 6) is 0. The van der Waals surface area contributed by atoms with Crippen LogP contribution in [0.2, 0.25) is 0 Å². The summed E-state index contributed by atoms with van der Waals surface area (Å²) in [7, 11) is 0. The van der Waals surface area contributed by atoms with Crippen molar-refractivity contribution in [1.82, 2.24) is 4.98 Å². The lowest BCUT2D eigenvalue weighted by molar-refractivity contribution is -0.384. The van der Waals surface area contributed by atoms with Crippen LogP contribution < -0.4 is 0 Å². The smallest absolute Gasteiger partial charge is 0.270 e. The summed E-state index contributed by atoms with van der Waals surface area (Å²) >= 11 is 0. The quantitative estimate of drug-likeness (QED) is 0.567. The molecule has 0 spiro atoms. The van der Waals surface area contributed by atoms with E-state index < -0.39 is 0 Å². The molecule has 1 N–H and O–H groups in total. The zero-order valence-corrected chi connectivity index (χ0v) is 11.1. The Labute approximate surface area is 116 Å². The Kier molecular flexibility index (Phi) is 2.99. The Morgan fingerprint density at radius 3 is 2.55 bits per heavy atom. The molecular weight excluding hydrogens is 252 g/mol. The molecule has 0 unspecified atom stereocenters. The highest BCUT2D eigenvalue weighted by Crippen LogP contribution is 2.32. The van der Waals surface area contributed by atoms with Crippen molar-refractivity contribution in [2.24, 2.45) is 0 Å². The Morgan fingerprint density at radius 2 is 1.90 bits per heavy atom. The van der Waals surface area contributed by atoms with Crippen LogP contribution in [-0.2, 0) is 6.42 Å². The van der Waals surface area contributed by atoms with Gasteiger partial charge >= 0.3 is 0 Å². The molecule has 0 amide bonds. The van der Waals surface area contributed by atoms with Gasteiger partial charge in [0, 0.05) is 28.7 Å². The second-order valence-electron chi connectivity index (χ2n) is 4.69. The van der Waals surface area contributed by atoms with Crippen LogP contribution in [-0.4, -0.2) is 9.91 Å². The summed E-state index contributed by atoms with van der Waals surface area (Å²) in [5, 5.41) is 11.8. The minimum absolute atomic E-state index is 0.130. The average Bonchev–Trinajstić information content (AvgIpc) is 2.85. The third kappa shape index (κ3) is 1.95. The van der Waals surface area contributed by atoms with E-state index in [0.29, 0.717) is 0 Å². The van der Waals surface area contributed by atoms with Crippen molar-refractivity contribution in [2.75, 3.05) is 0 Å². The number of non-ortho nitro benzene ring substituents is 1. The van der Waals surface area contributed by atoms with Crippen molar-refractivity contribution in [3.8, 4) is 11.3 Å². The number of benzene rings is 2. The molecule has 100 valence electrons. The van der Waals surface area contributed by atoms with Crippen molar-refractivity contribution < 1.29 is 4.92 Å². The topological polar surface area (TPSA) is 58.9 Å². The first-order valence-electron chi connectivity index (χ1n) is 6.55. The number of aromatic amines is 1. The van der Waals surface area contributed by atoms with Gasteiger partial charge in [-0.15, -0.1) is 0 Å². The average molecular weight is 266 g/mol. The third-order valence-corrected chi connectivity index (χ3v) is 3.52. The minimum Gasteiger partial charge on any atom is -0.354 e. The van der Waals surface area contributed by atoms with Crippen molar-refractivity contribution in [3.05, 3.63) is 64.2 Å². The molecule has 0 aliphatic rings. The van der Waals surface area contributed by atoms with E-state index in [9.17, 15) is 10.1 Å². The first kappa shape index (κ1) is 12.4. The molecule has 0 atom stereocenters. The van der Waals surface area contributed by atoms with Gasteiger partial charge in [0.15, 0.2) is 0 Å². The van der Waals surface area contributed by atoms with E-state index in [1.165, 1.54) is 6.07 Å². The molecule has 0 saturated carbocycles. The van der Waals surface area contributed by atoms with E-state index in [0.717, 1.165) is 34.1 Å². The molecule has 0 saturated heterocycles. The van der Waals surface area contributed by atoms with Crippen molar-refractivity contribution in [3.63, 3.8) is 0 Å². The third-order valence-electron chi connectivity index (χ3n) is 3.52. The fourth-order valence-electron chi connectivity index (χ4n) is 2.57. The molecule has 0 radical (unpaired) electrons.